The summed E-state index contributed by atoms with van der Waals surface area (Å²) in [5.41, 5.74) is 2.46. The van der Waals surface area contributed by atoms with Gasteiger partial charge >= 0.3 is 0 Å². The fraction of sp³-hybridized carbons (Fsp3) is 0.435. The molecule has 31 heavy (non-hydrogen) atoms. The van der Waals surface area contributed by atoms with Crippen molar-refractivity contribution in [2.24, 2.45) is 5.92 Å². The van der Waals surface area contributed by atoms with Gasteiger partial charge < -0.3 is 10.1 Å². The Bertz CT molecular complexity index is 1060. The van der Waals surface area contributed by atoms with Gasteiger partial charge in [-0.15, -0.1) is 0 Å². The summed E-state index contributed by atoms with van der Waals surface area (Å²) in [4.78, 5) is 12.7. The van der Waals surface area contributed by atoms with Gasteiger partial charge in [-0.2, -0.15) is 4.31 Å². The van der Waals surface area contributed by atoms with Crippen LogP contribution in [0.5, 0.6) is 5.75 Å². The van der Waals surface area contributed by atoms with Crippen LogP contribution in [0.4, 0.5) is 4.39 Å². The fourth-order valence-corrected chi connectivity index (χ4v) is 6.18. The minimum Gasteiger partial charge on any atom is -0.495 e. The zero-order chi connectivity index (χ0) is 22.0. The second kappa shape index (κ2) is 8.96. The number of nitrogens with zero attached hydrogens (tertiary/aromatic N) is 1. The number of hydrogen-bond donors (Lipinski definition) is 1. The molecule has 2 aliphatic rings. The molecule has 1 N–H and O–H groups in total. The second-order valence-electron chi connectivity index (χ2n) is 8.13. The van der Waals surface area contributed by atoms with Gasteiger partial charge in [0.15, 0.2) is 0 Å². The lowest BCUT2D eigenvalue weighted by Crippen LogP contribution is -2.44. The van der Waals surface area contributed by atoms with E-state index in [1.54, 1.807) is 0 Å². The number of halogens is 1. The molecule has 1 fully saturated rings. The first kappa shape index (κ1) is 21.8. The molecule has 1 aliphatic carbocycles. The Kier molecular flexibility index (Phi) is 6.29. The Morgan fingerprint density at radius 1 is 1.13 bits per heavy atom. The number of carbonyl (C=O) groups excluding carboxylic acids is 1. The Morgan fingerprint density at radius 3 is 2.61 bits per heavy atom. The molecule has 8 heteroatoms. The molecule has 2 aromatic rings. The highest BCUT2D eigenvalue weighted by Gasteiger charge is 2.35. The van der Waals surface area contributed by atoms with Crippen LogP contribution in [0.25, 0.3) is 0 Å². The molecule has 1 amide bonds. The molecule has 1 heterocycles. The maximum Gasteiger partial charge on any atom is 0.246 e. The van der Waals surface area contributed by atoms with Gasteiger partial charge in [-0.25, -0.2) is 12.8 Å². The first-order chi connectivity index (χ1) is 14.9. The number of ether oxygens (including phenoxy) is 1. The van der Waals surface area contributed by atoms with E-state index in [9.17, 15) is 17.6 Å². The largest absolute Gasteiger partial charge is 0.495 e. The van der Waals surface area contributed by atoms with Gasteiger partial charge in [0.05, 0.1) is 13.2 Å². The van der Waals surface area contributed by atoms with Crippen LogP contribution >= 0.6 is 0 Å². The lowest BCUT2D eigenvalue weighted by atomic mass is 9.87. The van der Waals surface area contributed by atoms with Gasteiger partial charge in [0.2, 0.25) is 15.9 Å². The Morgan fingerprint density at radius 2 is 1.87 bits per heavy atom. The summed E-state index contributed by atoms with van der Waals surface area (Å²) >= 11 is 0. The van der Waals surface area contributed by atoms with E-state index < -0.39 is 15.8 Å². The number of sulfonamides is 1. The Hall–Kier alpha value is -2.45. The summed E-state index contributed by atoms with van der Waals surface area (Å²) in [6.45, 7) is 0.419. The van der Waals surface area contributed by atoms with Gasteiger partial charge in [-0.1, -0.05) is 24.3 Å². The minimum absolute atomic E-state index is 0.00997. The van der Waals surface area contributed by atoms with Crippen molar-refractivity contribution in [3.8, 4) is 5.75 Å². The lowest BCUT2D eigenvalue weighted by Gasteiger charge is -2.33. The lowest BCUT2D eigenvalue weighted by molar-refractivity contribution is -0.127. The predicted octanol–water partition coefficient (Wildman–Crippen LogP) is 3.43. The van der Waals surface area contributed by atoms with Crippen molar-refractivity contribution < 1.29 is 22.3 Å². The molecule has 1 atom stereocenters. The maximum absolute atomic E-state index is 13.7. The highest BCUT2D eigenvalue weighted by Crippen LogP contribution is 2.32. The summed E-state index contributed by atoms with van der Waals surface area (Å²) in [6.07, 6.45) is 3.83. The zero-order valence-corrected chi connectivity index (χ0v) is 18.3. The number of rotatable bonds is 5. The highest BCUT2D eigenvalue weighted by molar-refractivity contribution is 7.89. The number of fused-ring (bicyclic) bond motifs is 1. The van der Waals surface area contributed by atoms with Crippen molar-refractivity contribution >= 4 is 15.9 Å². The molecule has 6 nitrogen and oxygen atoms in total. The average Bonchev–Trinajstić information content (AvgIpc) is 2.79. The van der Waals surface area contributed by atoms with Crippen molar-refractivity contribution in [1.29, 1.82) is 0 Å². The molecular weight excluding hydrogens is 419 g/mol. The SMILES string of the molecule is COc1ccc(F)cc1S(=O)(=O)N1CCC(C(=O)NC2CCCc3ccccc32)CC1. The molecule has 1 aliphatic heterocycles. The van der Waals surface area contributed by atoms with Crippen LogP contribution in [0.1, 0.15) is 42.9 Å². The molecule has 1 saturated heterocycles. The number of piperidine rings is 1. The van der Waals surface area contributed by atoms with Crippen molar-refractivity contribution in [2.45, 2.75) is 43.0 Å². The van der Waals surface area contributed by atoms with E-state index >= 15 is 0 Å². The molecule has 0 spiro atoms. The molecule has 0 saturated carbocycles. The maximum atomic E-state index is 13.7. The van der Waals surface area contributed by atoms with E-state index in [0.717, 1.165) is 31.4 Å². The molecular formula is C23H27FN2O4S. The van der Waals surface area contributed by atoms with Gasteiger partial charge in [-0.3, -0.25) is 4.79 Å². The van der Waals surface area contributed by atoms with E-state index in [2.05, 4.69) is 17.4 Å². The fourth-order valence-electron chi connectivity index (χ4n) is 4.54. The van der Waals surface area contributed by atoms with Crippen molar-refractivity contribution in [1.82, 2.24) is 9.62 Å². The zero-order valence-electron chi connectivity index (χ0n) is 17.5. The average molecular weight is 447 g/mol. The summed E-state index contributed by atoms with van der Waals surface area (Å²) in [5.74, 6) is -0.796. The third-order valence-corrected chi connectivity index (χ3v) is 8.17. The van der Waals surface area contributed by atoms with Crippen LogP contribution in [0.3, 0.4) is 0 Å². The van der Waals surface area contributed by atoms with E-state index in [1.807, 2.05) is 12.1 Å². The highest BCUT2D eigenvalue weighted by atomic mass is 32.2. The van der Waals surface area contributed by atoms with E-state index in [-0.39, 0.29) is 41.6 Å². The van der Waals surface area contributed by atoms with Gasteiger partial charge in [0, 0.05) is 19.0 Å². The van der Waals surface area contributed by atoms with E-state index in [1.165, 1.54) is 28.6 Å². The van der Waals surface area contributed by atoms with Gasteiger partial charge in [-0.05, 0) is 61.4 Å². The Balaban J connectivity index is 1.41. The number of benzene rings is 2. The molecule has 0 aromatic heterocycles. The number of aryl methyl sites for hydroxylation is 1. The monoisotopic (exact) mass is 446 g/mol. The molecule has 4 rings (SSSR count). The van der Waals surface area contributed by atoms with Gasteiger partial charge in [0.25, 0.3) is 0 Å². The van der Waals surface area contributed by atoms with E-state index in [4.69, 9.17) is 4.74 Å². The van der Waals surface area contributed by atoms with Crippen molar-refractivity contribution in [3.63, 3.8) is 0 Å². The van der Waals surface area contributed by atoms with Crippen molar-refractivity contribution in [3.05, 3.63) is 59.4 Å². The number of hydrogen-bond acceptors (Lipinski definition) is 4. The van der Waals surface area contributed by atoms with Crippen molar-refractivity contribution in [2.75, 3.05) is 20.2 Å². The topological polar surface area (TPSA) is 75.7 Å². The quantitative estimate of drug-likeness (QED) is 0.764. The second-order valence-corrected chi connectivity index (χ2v) is 10.0. The van der Waals surface area contributed by atoms with Crippen LogP contribution in [-0.4, -0.2) is 38.8 Å². The van der Waals surface area contributed by atoms with Crippen LogP contribution in [0, 0.1) is 11.7 Å². The summed E-state index contributed by atoms with van der Waals surface area (Å²) in [7, 11) is -2.55. The van der Waals surface area contributed by atoms with Gasteiger partial charge in [0.1, 0.15) is 16.5 Å². The van der Waals surface area contributed by atoms with Crippen LogP contribution in [-0.2, 0) is 21.2 Å². The molecule has 0 radical (unpaired) electrons. The summed E-state index contributed by atoms with van der Waals surface area (Å²) in [5, 5.41) is 3.18. The number of amides is 1. The van der Waals surface area contributed by atoms with Crippen LogP contribution < -0.4 is 10.1 Å². The summed E-state index contributed by atoms with van der Waals surface area (Å²) < 4.78 is 46.2. The Labute approximate surface area is 182 Å². The number of carbonyl (C=O) groups is 1. The van der Waals surface area contributed by atoms with E-state index in [0.29, 0.717) is 12.8 Å². The molecule has 0 bridgehead atoms. The number of methoxy groups -OCH3 is 1. The summed E-state index contributed by atoms with van der Waals surface area (Å²) in [6, 6.07) is 11.7. The third kappa shape index (κ3) is 4.45. The first-order valence-corrected chi connectivity index (χ1v) is 12.1. The predicted molar refractivity (Wildman–Crippen MR) is 115 cm³/mol. The first-order valence-electron chi connectivity index (χ1n) is 10.6. The smallest absolute Gasteiger partial charge is 0.246 e. The molecule has 1 unspecified atom stereocenters. The number of nitrogens with one attached hydrogen (secondary N) is 1. The normalized spacial score (nSPS) is 20.1. The van der Waals surface area contributed by atoms with Crippen LogP contribution in [0.2, 0.25) is 0 Å². The van der Waals surface area contributed by atoms with Crippen LogP contribution in [0.15, 0.2) is 47.4 Å². The molecule has 166 valence electrons. The molecule has 2 aromatic carbocycles. The third-order valence-electron chi connectivity index (χ3n) is 6.25. The minimum atomic E-state index is -3.91. The standard InChI is InChI=1S/C23H27FN2O4S/c1-30-21-10-9-18(24)15-22(21)31(28,29)26-13-11-17(12-14-26)23(27)25-20-8-4-6-16-5-2-3-7-19(16)20/h2-3,5,7,9-10,15,17,20H,4,6,8,11-14H2,1H3,(H,25,27).